The number of amides is 1. The zero-order valence-corrected chi connectivity index (χ0v) is 11.3. The monoisotopic (exact) mass is 292 g/mol. The van der Waals surface area contributed by atoms with Crippen LogP contribution in [0.25, 0.3) is 0 Å². The third-order valence-corrected chi connectivity index (χ3v) is 3.10. The Kier molecular flexibility index (Phi) is 5.85. The van der Waals surface area contributed by atoms with E-state index in [1.165, 1.54) is 18.2 Å². The van der Waals surface area contributed by atoms with Crippen molar-refractivity contribution in [2.45, 2.75) is 25.3 Å². The number of anilines is 1. The van der Waals surface area contributed by atoms with E-state index in [4.69, 9.17) is 11.6 Å². The van der Waals surface area contributed by atoms with Crippen molar-refractivity contribution in [2.24, 2.45) is 0 Å². The van der Waals surface area contributed by atoms with Gasteiger partial charge in [-0.3, -0.25) is 4.79 Å². The van der Waals surface area contributed by atoms with E-state index < -0.39 is 5.82 Å². The Bertz CT molecular complexity index is 423. The van der Waals surface area contributed by atoms with Gasteiger partial charge in [-0.1, -0.05) is 18.0 Å². The number of hydrogen-bond donors (Lipinski definition) is 2. The Labute approximate surface area is 116 Å². The van der Waals surface area contributed by atoms with Gasteiger partial charge < -0.3 is 10.6 Å². The molecule has 1 aromatic carbocycles. The quantitative estimate of drug-likeness (QED) is 0.880. The number of benzene rings is 1. The first-order valence-corrected chi connectivity index (χ1v) is 6.04. The number of hydrogen-bond acceptors (Lipinski definition) is 2. The van der Waals surface area contributed by atoms with E-state index in [2.05, 4.69) is 10.6 Å². The second kappa shape index (κ2) is 6.92. The lowest BCUT2D eigenvalue weighted by molar-refractivity contribution is -0.118. The smallest absolute Gasteiger partial charge is 0.241 e. The summed E-state index contributed by atoms with van der Waals surface area (Å²) < 4.78 is 12.9. The summed E-state index contributed by atoms with van der Waals surface area (Å²) in [5, 5.41) is 5.89. The molecule has 0 bridgehead atoms. The second-order valence-corrected chi connectivity index (χ2v) is 4.53. The highest BCUT2D eigenvalue weighted by Gasteiger charge is 2.20. The van der Waals surface area contributed by atoms with Crippen molar-refractivity contribution in [2.75, 3.05) is 11.9 Å². The van der Waals surface area contributed by atoms with Gasteiger partial charge in [0.05, 0.1) is 11.1 Å². The highest BCUT2D eigenvalue weighted by atomic mass is 35.5. The van der Waals surface area contributed by atoms with Gasteiger partial charge in [0, 0.05) is 5.69 Å². The predicted octanol–water partition coefficient (Wildman–Crippen LogP) is 2.98. The minimum Gasteiger partial charge on any atom is -0.325 e. The van der Waals surface area contributed by atoms with E-state index in [1.807, 2.05) is 0 Å². The molecule has 1 atom stereocenters. The second-order valence-electron chi connectivity index (χ2n) is 4.12. The number of carbonyl (C=O) groups is 1. The molecule has 3 nitrogen and oxygen atoms in total. The Hall–Kier alpha value is -0.840. The molecule has 2 rings (SSSR count). The SMILES string of the molecule is Cl.O=C(Nc1ccc(F)c(Cl)c1)[C@@H]1CCCCN1. The molecule has 1 aliphatic rings. The minimum absolute atomic E-state index is 0. The molecular weight excluding hydrogens is 278 g/mol. The van der Waals surface area contributed by atoms with E-state index >= 15 is 0 Å². The molecule has 18 heavy (non-hydrogen) atoms. The van der Waals surface area contributed by atoms with Gasteiger partial charge in [-0.2, -0.15) is 0 Å². The summed E-state index contributed by atoms with van der Waals surface area (Å²) in [7, 11) is 0. The number of nitrogens with one attached hydrogen (secondary N) is 2. The molecule has 1 fully saturated rings. The van der Waals surface area contributed by atoms with Crippen molar-refractivity contribution in [3.05, 3.63) is 29.0 Å². The first-order valence-electron chi connectivity index (χ1n) is 5.66. The first-order chi connectivity index (χ1) is 8.16. The van der Waals surface area contributed by atoms with Crippen LogP contribution < -0.4 is 10.6 Å². The van der Waals surface area contributed by atoms with Gasteiger partial charge >= 0.3 is 0 Å². The maximum Gasteiger partial charge on any atom is 0.241 e. The number of piperidine rings is 1. The zero-order valence-electron chi connectivity index (χ0n) is 9.71. The Morgan fingerprint density at radius 1 is 1.44 bits per heavy atom. The summed E-state index contributed by atoms with van der Waals surface area (Å²) in [4.78, 5) is 11.9. The Morgan fingerprint density at radius 2 is 2.22 bits per heavy atom. The third kappa shape index (κ3) is 3.83. The van der Waals surface area contributed by atoms with Crippen molar-refractivity contribution < 1.29 is 9.18 Å². The fraction of sp³-hybridized carbons (Fsp3) is 0.417. The summed E-state index contributed by atoms with van der Waals surface area (Å²) in [6.45, 7) is 0.863. The molecule has 1 amide bonds. The molecule has 2 N–H and O–H groups in total. The average molecular weight is 293 g/mol. The normalized spacial score (nSPS) is 18.9. The topological polar surface area (TPSA) is 41.1 Å². The molecule has 1 heterocycles. The molecule has 1 aliphatic heterocycles. The number of halogens is 3. The molecule has 0 saturated carbocycles. The molecular formula is C12H15Cl2FN2O. The standard InChI is InChI=1S/C12H14ClFN2O.ClH/c13-9-7-8(4-5-10(9)14)16-12(17)11-3-1-2-6-15-11;/h4-5,7,11,15H,1-3,6H2,(H,16,17);1H/t11-;/m0./s1. The molecule has 1 saturated heterocycles. The van der Waals surface area contributed by atoms with Crippen LogP contribution in [-0.2, 0) is 4.79 Å². The molecule has 6 heteroatoms. The Balaban J connectivity index is 0.00000162. The summed E-state index contributed by atoms with van der Waals surface area (Å²) in [5.74, 6) is -0.576. The van der Waals surface area contributed by atoms with Crippen molar-refractivity contribution in [3.63, 3.8) is 0 Å². The summed E-state index contributed by atoms with van der Waals surface area (Å²) in [6, 6.07) is 4.00. The van der Waals surface area contributed by atoms with Gasteiger partial charge in [0.2, 0.25) is 5.91 Å². The molecule has 0 spiro atoms. The van der Waals surface area contributed by atoms with Gasteiger partial charge in [0.15, 0.2) is 0 Å². The average Bonchev–Trinajstić information content (AvgIpc) is 2.35. The van der Waals surface area contributed by atoms with Crippen LogP contribution in [0.2, 0.25) is 5.02 Å². The number of carbonyl (C=O) groups excluding carboxylic acids is 1. The summed E-state index contributed by atoms with van der Waals surface area (Å²) >= 11 is 5.64. The highest BCUT2D eigenvalue weighted by Crippen LogP contribution is 2.20. The van der Waals surface area contributed by atoms with Crippen LogP contribution in [0.1, 0.15) is 19.3 Å². The highest BCUT2D eigenvalue weighted by molar-refractivity contribution is 6.31. The van der Waals surface area contributed by atoms with Crippen LogP contribution in [0.4, 0.5) is 10.1 Å². The van der Waals surface area contributed by atoms with Gasteiger partial charge in [0.25, 0.3) is 0 Å². The van der Waals surface area contributed by atoms with Gasteiger partial charge in [-0.25, -0.2) is 4.39 Å². The van der Waals surface area contributed by atoms with E-state index in [-0.39, 0.29) is 29.4 Å². The fourth-order valence-corrected chi connectivity index (χ4v) is 2.06. The lowest BCUT2D eigenvalue weighted by Gasteiger charge is -2.22. The maximum atomic E-state index is 12.9. The maximum absolute atomic E-state index is 12.9. The molecule has 0 unspecified atom stereocenters. The molecule has 0 aliphatic carbocycles. The lowest BCUT2D eigenvalue weighted by Crippen LogP contribution is -2.43. The van der Waals surface area contributed by atoms with E-state index in [1.54, 1.807) is 0 Å². The van der Waals surface area contributed by atoms with Crippen molar-refractivity contribution in [1.82, 2.24) is 5.32 Å². The van der Waals surface area contributed by atoms with Crippen LogP contribution in [0.3, 0.4) is 0 Å². The van der Waals surface area contributed by atoms with Crippen LogP contribution in [0.15, 0.2) is 18.2 Å². The predicted molar refractivity (Wildman–Crippen MR) is 72.9 cm³/mol. The fourth-order valence-electron chi connectivity index (χ4n) is 1.88. The van der Waals surface area contributed by atoms with Crippen LogP contribution >= 0.6 is 24.0 Å². The van der Waals surface area contributed by atoms with Crippen LogP contribution in [0, 0.1) is 5.82 Å². The first kappa shape index (κ1) is 15.2. The molecule has 0 aromatic heterocycles. The molecule has 100 valence electrons. The van der Waals surface area contributed by atoms with E-state index in [0.717, 1.165) is 25.8 Å². The van der Waals surface area contributed by atoms with Crippen molar-refractivity contribution in [3.8, 4) is 0 Å². The zero-order chi connectivity index (χ0) is 12.3. The largest absolute Gasteiger partial charge is 0.325 e. The van der Waals surface area contributed by atoms with Crippen molar-refractivity contribution >= 4 is 35.6 Å². The van der Waals surface area contributed by atoms with E-state index in [9.17, 15) is 9.18 Å². The van der Waals surface area contributed by atoms with Gasteiger partial charge in [-0.15, -0.1) is 12.4 Å². The van der Waals surface area contributed by atoms with Gasteiger partial charge in [-0.05, 0) is 37.6 Å². The van der Waals surface area contributed by atoms with E-state index in [0.29, 0.717) is 5.69 Å². The number of rotatable bonds is 2. The van der Waals surface area contributed by atoms with Crippen LogP contribution in [-0.4, -0.2) is 18.5 Å². The minimum atomic E-state index is -0.486. The lowest BCUT2D eigenvalue weighted by atomic mass is 10.0. The van der Waals surface area contributed by atoms with Crippen molar-refractivity contribution in [1.29, 1.82) is 0 Å². The molecule has 1 aromatic rings. The molecule has 0 radical (unpaired) electrons. The third-order valence-electron chi connectivity index (χ3n) is 2.81. The summed E-state index contributed by atoms with van der Waals surface area (Å²) in [6.07, 6.45) is 2.99. The van der Waals surface area contributed by atoms with Crippen LogP contribution in [0.5, 0.6) is 0 Å². The Morgan fingerprint density at radius 3 is 2.83 bits per heavy atom. The van der Waals surface area contributed by atoms with Gasteiger partial charge in [0.1, 0.15) is 5.82 Å². The summed E-state index contributed by atoms with van der Waals surface area (Å²) in [5.41, 5.74) is 0.522.